The lowest BCUT2D eigenvalue weighted by Crippen LogP contribution is -2.49. The normalized spacial score (nSPS) is 16.1. The van der Waals surface area contributed by atoms with Crippen molar-refractivity contribution >= 4 is 23.2 Å². The van der Waals surface area contributed by atoms with Crippen molar-refractivity contribution in [3.8, 4) is 11.5 Å². The number of carbonyl (C=O) groups excluding carboxylic acids is 2. The summed E-state index contributed by atoms with van der Waals surface area (Å²) in [6.07, 6.45) is 2.05. The average molecular weight is 480 g/mol. The number of para-hydroxylation sites is 2. The van der Waals surface area contributed by atoms with E-state index in [9.17, 15) is 9.59 Å². The predicted molar refractivity (Wildman–Crippen MR) is 139 cm³/mol. The lowest BCUT2D eigenvalue weighted by molar-refractivity contribution is -0.131. The molecule has 2 aromatic rings. The smallest absolute Gasteiger partial charge is 0.265 e. The molecule has 7 nitrogen and oxygen atoms in total. The number of carbonyl (C=O) groups is 2. The molecule has 2 aromatic carbocycles. The molecule has 0 N–H and O–H groups in total. The summed E-state index contributed by atoms with van der Waals surface area (Å²) in [5.41, 5.74) is 3.09. The Hall–Kier alpha value is -3.22. The maximum absolute atomic E-state index is 12.9. The van der Waals surface area contributed by atoms with Crippen molar-refractivity contribution in [2.24, 2.45) is 0 Å². The van der Waals surface area contributed by atoms with E-state index in [4.69, 9.17) is 9.47 Å². The zero-order valence-electron chi connectivity index (χ0n) is 21.4. The summed E-state index contributed by atoms with van der Waals surface area (Å²) >= 11 is 0. The Morgan fingerprint density at radius 1 is 1.06 bits per heavy atom. The van der Waals surface area contributed by atoms with Gasteiger partial charge in [0, 0.05) is 39.1 Å². The molecule has 0 atom stereocenters. The molecule has 2 heterocycles. The van der Waals surface area contributed by atoms with Crippen LogP contribution in [-0.4, -0.2) is 63.2 Å². The van der Waals surface area contributed by atoms with E-state index in [1.54, 1.807) is 12.0 Å². The molecule has 0 radical (unpaired) electrons. The van der Waals surface area contributed by atoms with Gasteiger partial charge in [-0.2, -0.15) is 0 Å². The Bertz CT molecular complexity index is 1060. The first-order chi connectivity index (χ1) is 16.8. The average Bonchev–Trinajstić information content (AvgIpc) is 2.89. The van der Waals surface area contributed by atoms with E-state index in [1.807, 2.05) is 29.2 Å². The summed E-state index contributed by atoms with van der Waals surface area (Å²) < 4.78 is 11.2. The number of benzene rings is 2. The van der Waals surface area contributed by atoms with Crippen LogP contribution in [0.25, 0.3) is 0 Å². The first kappa shape index (κ1) is 24.9. The molecule has 35 heavy (non-hydrogen) atoms. The number of hydrogen-bond acceptors (Lipinski definition) is 5. The number of hydrogen-bond donors (Lipinski definition) is 0. The van der Waals surface area contributed by atoms with Gasteiger partial charge in [-0.3, -0.25) is 9.59 Å². The number of piperazine rings is 1. The third-order valence-electron chi connectivity index (χ3n) is 7.40. The summed E-state index contributed by atoms with van der Waals surface area (Å²) in [6.45, 7) is 10.1. The molecule has 0 bridgehead atoms. The fraction of sp³-hybridized carbons (Fsp3) is 0.500. The van der Waals surface area contributed by atoms with Gasteiger partial charge >= 0.3 is 0 Å². The van der Waals surface area contributed by atoms with Crippen LogP contribution >= 0.6 is 0 Å². The van der Waals surface area contributed by atoms with Gasteiger partial charge in [-0.1, -0.05) is 39.0 Å². The Labute approximate surface area is 208 Å². The molecule has 2 aliphatic heterocycles. The van der Waals surface area contributed by atoms with E-state index >= 15 is 0 Å². The van der Waals surface area contributed by atoms with Crippen molar-refractivity contribution < 1.29 is 19.1 Å². The highest BCUT2D eigenvalue weighted by molar-refractivity contribution is 5.98. The van der Waals surface area contributed by atoms with Crippen molar-refractivity contribution in [1.82, 2.24) is 4.90 Å². The minimum atomic E-state index is -0.0539. The second kappa shape index (κ2) is 10.6. The lowest BCUT2D eigenvalue weighted by Gasteiger charge is -2.37. The van der Waals surface area contributed by atoms with Crippen LogP contribution in [0.4, 0.5) is 11.4 Å². The zero-order valence-corrected chi connectivity index (χ0v) is 21.4. The van der Waals surface area contributed by atoms with E-state index in [-0.39, 0.29) is 23.8 Å². The fourth-order valence-electron chi connectivity index (χ4n) is 4.71. The van der Waals surface area contributed by atoms with E-state index in [1.165, 1.54) is 5.56 Å². The number of methoxy groups -OCH3 is 1. The van der Waals surface area contributed by atoms with Crippen molar-refractivity contribution in [3.63, 3.8) is 0 Å². The summed E-state index contributed by atoms with van der Waals surface area (Å²) in [6, 6.07) is 14.1. The van der Waals surface area contributed by atoms with Gasteiger partial charge < -0.3 is 24.2 Å². The number of fused-ring (bicyclic) bond motifs is 1. The van der Waals surface area contributed by atoms with Crippen LogP contribution in [0, 0.1) is 0 Å². The third-order valence-corrected chi connectivity index (χ3v) is 7.40. The van der Waals surface area contributed by atoms with Crippen LogP contribution in [0.3, 0.4) is 0 Å². The molecule has 0 spiro atoms. The van der Waals surface area contributed by atoms with Gasteiger partial charge in [-0.15, -0.1) is 0 Å². The van der Waals surface area contributed by atoms with E-state index in [2.05, 4.69) is 43.9 Å². The van der Waals surface area contributed by atoms with Crippen LogP contribution in [0.5, 0.6) is 11.5 Å². The molecule has 2 aliphatic rings. The Kier molecular flexibility index (Phi) is 7.53. The number of nitrogens with zero attached hydrogens (tertiary/aromatic N) is 3. The molecule has 0 aliphatic carbocycles. The standard InChI is InChI=1S/C28H37N3O4/c1-5-28(2,3)21-12-13-25-23(19-21)31(27(33)20-35-25)14-8-11-26(32)30-17-15-29(16-18-30)22-9-6-7-10-24(22)34-4/h6-7,9-10,12-13,19H,5,8,11,14-18,20H2,1-4H3. The summed E-state index contributed by atoms with van der Waals surface area (Å²) in [7, 11) is 1.68. The van der Waals surface area contributed by atoms with Gasteiger partial charge in [0.05, 0.1) is 18.5 Å². The minimum Gasteiger partial charge on any atom is -0.495 e. The minimum absolute atomic E-state index is 0.0169. The molecule has 7 heteroatoms. The second-order valence-corrected chi connectivity index (χ2v) is 9.90. The molecule has 1 saturated heterocycles. The highest BCUT2D eigenvalue weighted by Gasteiger charge is 2.29. The summed E-state index contributed by atoms with van der Waals surface area (Å²) in [4.78, 5) is 31.6. The van der Waals surface area contributed by atoms with Crippen LogP contribution in [0.2, 0.25) is 0 Å². The molecular formula is C28H37N3O4. The molecule has 4 rings (SSSR count). The number of rotatable bonds is 8. The van der Waals surface area contributed by atoms with Gasteiger partial charge in [-0.25, -0.2) is 0 Å². The molecule has 0 unspecified atom stereocenters. The van der Waals surface area contributed by atoms with Crippen molar-refractivity contribution in [3.05, 3.63) is 48.0 Å². The Morgan fingerprint density at radius 2 is 1.80 bits per heavy atom. The topological polar surface area (TPSA) is 62.3 Å². The second-order valence-electron chi connectivity index (χ2n) is 9.90. The van der Waals surface area contributed by atoms with Crippen molar-refractivity contribution in [2.75, 3.05) is 56.2 Å². The Balaban J connectivity index is 1.33. The first-order valence-corrected chi connectivity index (χ1v) is 12.6. The summed E-state index contributed by atoms with van der Waals surface area (Å²) in [5, 5.41) is 0. The van der Waals surface area contributed by atoms with Gasteiger partial charge in [0.25, 0.3) is 5.91 Å². The SMILES string of the molecule is CCC(C)(C)c1ccc2c(c1)N(CCCC(=O)N1CCN(c3ccccc3OC)CC1)C(=O)CO2. The van der Waals surface area contributed by atoms with Crippen LogP contribution < -0.4 is 19.3 Å². The predicted octanol–water partition coefficient (Wildman–Crippen LogP) is 4.24. The Morgan fingerprint density at radius 3 is 2.51 bits per heavy atom. The van der Waals surface area contributed by atoms with Crippen LogP contribution in [0.15, 0.2) is 42.5 Å². The quantitative estimate of drug-likeness (QED) is 0.567. The van der Waals surface area contributed by atoms with Gasteiger partial charge in [0.15, 0.2) is 6.61 Å². The molecule has 2 amide bonds. The van der Waals surface area contributed by atoms with Crippen LogP contribution in [0.1, 0.15) is 45.6 Å². The number of ether oxygens (including phenoxy) is 2. The maximum Gasteiger partial charge on any atom is 0.265 e. The van der Waals surface area contributed by atoms with Gasteiger partial charge in [0.1, 0.15) is 11.5 Å². The van der Waals surface area contributed by atoms with E-state index < -0.39 is 0 Å². The van der Waals surface area contributed by atoms with Crippen molar-refractivity contribution in [2.45, 2.75) is 45.4 Å². The van der Waals surface area contributed by atoms with Crippen molar-refractivity contribution in [1.29, 1.82) is 0 Å². The molecular weight excluding hydrogens is 442 g/mol. The number of amides is 2. The van der Waals surface area contributed by atoms with Gasteiger partial charge in [-0.05, 0) is 48.1 Å². The monoisotopic (exact) mass is 479 g/mol. The van der Waals surface area contributed by atoms with E-state index in [0.717, 1.165) is 42.4 Å². The maximum atomic E-state index is 12.9. The van der Waals surface area contributed by atoms with E-state index in [0.29, 0.717) is 32.5 Å². The fourth-order valence-corrected chi connectivity index (χ4v) is 4.71. The number of anilines is 2. The van der Waals surface area contributed by atoms with Crippen LogP contribution in [-0.2, 0) is 15.0 Å². The highest BCUT2D eigenvalue weighted by atomic mass is 16.5. The molecule has 188 valence electrons. The molecule has 0 saturated carbocycles. The van der Waals surface area contributed by atoms with Gasteiger partial charge in [0.2, 0.25) is 5.91 Å². The zero-order chi connectivity index (χ0) is 25.0. The lowest BCUT2D eigenvalue weighted by atomic mass is 9.82. The first-order valence-electron chi connectivity index (χ1n) is 12.6. The molecule has 1 fully saturated rings. The third kappa shape index (κ3) is 5.39. The highest BCUT2D eigenvalue weighted by Crippen LogP contribution is 2.37. The largest absolute Gasteiger partial charge is 0.495 e. The molecule has 0 aromatic heterocycles. The summed E-state index contributed by atoms with van der Waals surface area (Å²) in [5.74, 6) is 1.68.